The summed E-state index contributed by atoms with van der Waals surface area (Å²) in [6, 6.07) is 16.4. The Hall–Kier alpha value is -3.35. The molecule has 6 rings (SSSR count). The van der Waals surface area contributed by atoms with Crippen LogP contribution in [0.15, 0.2) is 48.5 Å². The van der Waals surface area contributed by atoms with Gasteiger partial charge in [-0.15, -0.1) is 0 Å². The molecule has 2 saturated carbocycles. The molecule has 3 fully saturated rings. The largest absolute Gasteiger partial charge is 0.481 e. The van der Waals surface area contributed by atoms with Crippen molar-refractivity contribution in [1.29, 1.82) is 0 Å². The summed E-state index contributed by atoms with van der Waals surface area (Å²) < 4.78 is 5.56. The molecule has 2 amide bonds. The molecule has 2 unspecified atom stereocenters. The van der Waals surface area contributed by atoms with Crippen LogP contribution >= 0.6 is 0 Å². The first kappa shape index (κ1) is 20.3. The van der Waals surface area contributed by atoms with Gasteiger partial charge in [-0.1, -0.05) is 48.5 Å². The number of ether oxygens (including phenoxy) is 1. The van der Waals surface area contributed by atoms with E-state index in [-0.39, 0.29) is 36.2 Å². The molecule has 0 radical (unpaired) electrons. The molecular weight excluding hydrogens is 420 g/mol. The minimum absolute atomic E-state index is 0.0153. The van der Waals surface area contributed by atoms with Crippen LogP contribution in [-0.4, -0.2) is 54.2 Å². The van der Waals surface area contributed by atoms with Crippen LogP contribution in [0.25, 0.3) is 11.1 Å². The van der Waals surface area contributed by atoms with Gasteiger partial charge in [0.2, 0.25) is 5.91 Å². The number of piperidine rings is 1. The number of amides is 2. The van der Waals surface area contributed by atoms with Crippen LogP contribution in [0.5, 0.6) is 0 Å². The summed E-state index contributed by atoms with van der Waals surface area (Å²) in [7, 11) is 0. The quantitative estimate of drug-likeness (QED) is 0.711. The van der Waals surface area contributed by atoms with Crippen molar-refractivity contribution in [2.75, 3.05) is 26.2 Å². The lowest BCUT2D eigenvalue weighted by molar-refractivity contribution is -0.144. The monoisotopic (exact) mass is 446 g/mol. The smallest absolute Gasteiger partial charge is 0.407 e. The maximum atomic E-state index is 12.7. The molecule has 7 heteroatoms. The van der Waals surface area contributed by atoms with Gasteiger partial charge in [-0.3, -0.25) is 9.59 Å². The van der Waals surface area contributed by atoms with Gasteiger partial charge >= 0.3 is 12.1 Å². The number of benzene rings is 2. The molecule has 1 heterocycles. The average molecular weight is 447 g/mol. The molecule has 4 aliphatic rings. The summed E-state index contributed by atoms with van der Waals surface area (Å²) in [5.74, 6) is -0.663. The van der Waals surface area contributed by atoms with Crippen LogP contribution in [0.1, 0.15) is 29.9 Å². The fourth-order valence-electron chi connectivity index (χ4n) is 5.86. The molecule has 0 spiro atoms. The van der Waals surface area contributed by atoms with Crippen molar-refractivity contribution in [3.63, 3.8) is 0 Å². The molecule has 2 aromatic carbocycles. The standard InChI is InChI=1S/C26H26N2O5/c29-23(28-12-16-10-26(16,14-28)24(30)31)21-9-15(21)11-27-25(32)33-13-22-19-7-3-1-5-17(19)18-6-2-4-8-20(18)22/h1-8,15-16,21-22H,9-14H2,(H,27,32)(H,30,31)/t15-,16?,21-,26?/m1/s1. The van der Waals surface area contributed by atoms with Gasteiger partial charge in [-0.05, 0) is 46.9 Å². The van der Waals surface area contributed by atoms with E-state index >= 15 is 0 Å². The van der Waals surface area contributed by atoms with Crippen LogP contribution in [0.2, 0.25) is 0 Å². The van der Waals surface area contributed by atoms with E-state index in [2.05, 4.69) is 29.6 Å². The summed E-state index contributed by atoms with van der Waals surface area (Å²) in [5.41, 5.74) is 4.01. The first-order valence-electron chi connectivity index (χ1n) is 11.6. The first-order chi connectivity index (χ1) is 16.0. The van der Waals surface area contributed by atoms with Gasteiger partial charge in [0, 0.05) is 31.5 Å². The highest BCUT2D eigenvalue weighted by Crippen LogP contribution is 2.58. The maximum absolute atomic E-state index is 12.7. The second-order valence-corrected chi connectivity index (χ2v) is 9.89. The summed E-state index contributed by atoms with van der Waals surface area (Å²) in [6.45, 7) is 1.54. The number of carbonyl (C=O) groups is 3. The normalized spacial score (nSPS) is 28.5. The summed E-state index contributed by atoms with van der Waals surface area (Å²) in [4.78, 5) is 38.2. The van der Waals surface area contributed by atoms with E-state index in [1.54, 1.807) is 4.90 Å². The first-order valence-corrected chi connectivity index (χ1v) is 11.6. The number of rotatable bonds is 6. The molecule has 33 heavy (non-hydrogen) atoms. The zero-order chi connectivity index (χ0) is 22.7. The molecule has 0 bridgehead atoms. The van der Waals surface area contributed by atoms with Crippen molar-refractivity contribution in [2.45, 2.75) is 18.8 Å². The molecular formula is C26H26N2O5. The molecule has 2 N–H and O–H groups in total. The van der Waals surface area contributed by atoms with Crippen molar-refractivity contribution >= 4 is 18.0 Å². The molecule has 3 aliphatic carbocycles. The van der Waals surface area contributed by atoms with Crippen molar-refractivity contribution in [3.05, 3.63) is 59.7 Å². The van der Waals surface area contributed by atoms with E-state index in [4.69, 9.17) is 4.74 Å². The van der Waals surface area contributed by atoms with Crippen LogP contribution in [0.4, 0.5) is 4.79 Å². The Morgan fingerprint density at radius 1 is 1.06 bits per heavy atom. The fourth-order valence-corrected chi connectivity index (χ4v) is 5.86. The zero-order valence-corrected chi connectivity index (χ0v) is 18.2. The topological polar surface area (TPSA) is 95.9 Å². The lowest BCUT2D eigenvalue weighted by atomic mass is 9.98. The number of hydrogen-bond acceptors (Lipinski definition) is 4. The molecule has 170 valence electrons. The predicted octanol–water partition coefficient (Wildman–Crippen LogP) is 3.09. The number of aliphatic carboxylic acids is 1. The highest BCUT2D eigenvalue weighted by molar-refractivity contribution is 5.86. The van der Waals surface area contributed by atoms with E-state index in [9.17, 15) is 19.5 Å². The maximum Gasteiger partial charge on any atom is 0.407 e. The van der Waals surface area contributed by atoms with E-state index in [1.807, 2.05) is 24.3 Å². The third-order valence-corrected chi connectivity index (χ3v) is 7.98. The van der Waals surface area contributed by atoms with E-state index in [1.165, 1.54) is 22.3 Å². The van der Waals surface area contributed by atoms with Gasteiger partial charge in [0.15, 0.2) is 0 Å². The molecule has 7 nitrogen and oxygen atoms in total. The van der Waals surface area contributed by atoms with Crippen LogP contribution in [0, 0.1) is 23.2 Å². The number of likely N-dealkylation sites (tertiary alicyclic amines) is 1. The number of alkyl carbamates (subject to hydrolysis) is 1. The van der Waals surface area contributed by atoms with Gasteiger partial charge in [0.25, 0.3) is 0 Å². The van der Waals surface area contributed by atoms with Crippen LogP contribution < -0.4 is 5.32 Å². The Morgan fingerprint density at radius 3 is 2.36 bits per heavy atom. The van der Waals surface area contributed by atoms with Gasteiger partial charge in [0.1, 0.15) is 6.61 Å². The SMILES string of the molecule is O=C(NC[C@H]1C[C@H]1C(=O)N1CC2CC2(C(=O)O)C1)OCC1c2ccccc2-c2ccccc21. The minimum atomic E-state index is -0.785. The average Bonchev–Trinajstić information content (AvgIpc) is 3.69. The van der Waals surface area contributed by atoms with Gasteiger partial charge in [-0.2, -0.15) is 0 Å². The summed E-state index contributed by atoms with van der Waals surface area (Å²) >= 11 is 0. The highest BCUT2D eigenvalue weighted by atomic mass is 16.5. The summed E-state index contributed by atoms with van der Waals surface area (Å²) in [6.07, 6.45) is 0.940. The number of hydrogen-bond donors (Lipinski definition) is 2. The predicted molar refractivity (Wildman–Crippen MR) is 119 cm³/mol. The Balaban J connectivity index is 0.994. The van der Waals surface area contributed by atoms with Gasteiger partial charge in [0.05, 0.1) is 5.41 Å². The Labute approximate surface area is 191 Å². The molecule has 2 aromatic rings. The van der Waals surface area contributed by atoms with Gasteiger partial charge in [-0.25, -0.2) is 4.79 Å². The lowest BCUT2D eigenvalue weighted by Crippen LogP contribution is -2.36. The van der Waals surface area contributed by atoms with E-state index in [0.29, 0.717) is 26.1 Å². The van der Waals surface area contributed by atoms with Gasteiger partial charge < -0.3 is 20.1 Å². The second-order valence-electron chi connectivity index (χ2n) is 9.89. The number of carboxylic acid groups (broad SMARTS) is 1. The highest BCUT2D eigenvalue weighted by Gasteiger charge is 2.67. The van der Waals surface area contributed by atoms with Crippen molar-refractivity contribution in [1.82, 2.24) is 10.2 Å². The number of nitrogens with zero attached hydrogens (tertiary/aromatic N) is 1. The third kappa shape index (κ3) is 3.29. The number of carbonyl (C=O) groups excluding carboxylic acids is 2. The number of fused-ring (bicyclic) bond motifs is 4. The zero-order valence-electron chi connectivity index (χ0n) is 18.2. The van der Waals surface area contributed by atoms with Crippen LogP contribution in [0.3, 0.4) is 0 Å². The number of carboxylic acids is 1. The van der Waals surface area contributed by atoms with Crippen LogP contribution in [-0.2, 0) is 14.3 Å². The number of nitrogens with one attached hydrogen (secondary N) is 1. The minimum Gasteiger partial charge on any atom is -0.481 e. The second kappa shape index (κ2) is 7.33. The Bertz CT molecular complexity index is 1120. The molecule has 0 aromatic heterocycles. The van der Waals surface area contributed by atoms with Crippen molar-refractivity contribution in [3.8, 4) is 11.1 Å². The Kier molecular flexibility index (Phi) is 4.50. The van der Waals surface area contributed by atoms with E-state index < -0.39 is 17.5 Å². The molecule has 1 aliphatic heterocycles. The van der Waals surface area contributed by atoms with Crippen molar-refractivity contribution < 1.29 is 24.2 Å². The molecule has 4 atom stereocenters. The van der Waals surface area contributed by atoms with Crippen molar-refractivity contribution in [2.24, 2.45) is 23.2 Å². The fraction of sp³-hybridized carbons (Fsp3) is 0.423. The molecule has 1 saturated heterocycles. The lowest BCUT2D eigenvalue weighted by Gasteiger charge is -2.19. The third-order valence-electron chi connectivity index (χ3n) is 7.98. The summed E-state index contributed by atoms with van der Waals surface area (Å²) in [5, 5.41) is 12.2. The Morgan fingerprint density at radius 2 is 1.73 bits per heavy atom. The van der Waals surface area contributed by atoms with E-state index in [0.717, 1.165) is 6.42 Å².